The summed E-state index contributed by atoms with van der Waals surface area (Å²) in [5, 5.41) is 0. The van der Waals surface area contributed by atoms with E-state index in [1.165, 1.54) is 31.2 Å². The second-order valence-corrected chi connectivity index (χ2v) is 8.39. The number of benzene rings is 2. The molecule has 1 atom stereocenters. The lowest BCUT2D eigenvalue weighted by atomic mass is 9.78. The molecule has 1 fully saturated rings. The summed E-state index contributed by atoms with van der Waals surface area (Å²) in [6.45, 7) is 8.71. The Bertz CT molecular complexity index is 710. The third-order valence-corrected chi connectivity index (χ3v) is 5.75. The first-order chi connectivity index (χ1) is 12.5. The van der Waals surface area contributed by atoms with Crippen molar-refractivity contribution in [2.45, 2.75) is 71.1 Å². The van der Waals surface area contributed by atoms with Crippen molar-refractivity contribution in [3.05, 3.63) is 70.8 Å². The number of ketones is 1. The largest absolute Gasteiger partial charge is 0.293 e. The fourth-order valence-electron chi connectivity index (χ4n) is 4.15. The van der Waals surface area contributed by atoms with Crippen LogP contribution >= 0.6 is 0 Å². The van der Waals surface area contributed by atoms with Crippen molar-refractivity contribution in [1.29, 1.82) is 0 Å². The van der Waals surface area contributed by atoms with Crippen molar-refractivity contribution < 1.29 is 4.79 Å². The third kappa shape index (κ3) is 4.09. The molecule has 26 heavy (non-hydrogen) atoms. The quantitative estimate of drug-likeness (QED) is 0.520. The highest BCUT2D eigenvalue weighted by atomic mass is 16.1. The second kappa shape index (κ2) is 8.20. The molecule has 1 saturated carbocycles. The molecular weight excluding hydrogens is 316 g/mol. The van der Waals surface area contributed by atoms with Crippen LogP contribution in [0.5, 0.6) is 0 Å². The van der Waals surface area contributed by atoms with Gasteiger partial charge in [0.25, 0.3) is 0 Å². The molecule has 1 unspecified atom stereocenters. The van der Waals surface area contributed by atoms with Gasteiger partial charge in [-0.15, -0.1) is 0 Å². The van der Waals surface area contributed by atoms with Gasteiger partial charge >= 0.3 is 0 Å². The van der Waals surface area contributed by atoms with Crippen LogP contribution < -0.4 is 0 Å². The summed E-state index contributed by atoms with van der Waals surface area (Å²) in [6.07, 6.45) is 4.83. The van der Waals surface area contributed by atoms with E-state index in [9.17, 15) is 4.79 Å². The Kier molecular flexibility index (Phi) is 5.96. The molecule has 0 spiro atoms. The van der Waals surface area contributed by atoms with Crippen LogP contribution in [0.1, 0.15) is 98.2 Å². The first-order valence-electron chi connectivity index (χ1n) is 10.1. The van der Waals surface area contributed by atoms with Crippen molar-refractivity contribution in [2.75, 3.05) is 0 Å². The van der Waals surface area contributed by atoms with Crippen LogP contribution in [0.25, 0.3) is 0 Å². The molecule has 2 aromatic carbocycles. The third-order valence-electron chi connectivity index (χ3n) is 5.75. The predicted octanol–water partition coefficient (Wildman–Crippen LogP) is 6.89. The maximum Gasteiger partial charge on any atom is 0.170 e. The molecule has 137 valence electrons. The van der Waals surface area contributed by atoms with E-state index < -0.39 is 0 Å². The molecule has 3 rings (SSSR count). The van der Waals surface area contributed by atoms with Gasteiger partial charge in [0, 0.05) is 5.56 Å². The number of carbonyl (C=O) groups is 1. The lowest BCUT2D eigenvalue weighted by Gasteiger charge is -2.24. The fourth-order valence-corrected chi connectivity index (χ4v) is 4.15. The Morgan fingerprint density at radius 3 is 1.96 bits per heavy atom. The number of rotatable bonds is 6. The predicted molar refractivity (Wildman–Crippen MR) is 109 cm³/mol. The molecule has 0 saturated heterocycles. The van der Waals surface area contributed by atoms with Gasteiger partial charge in [-0.05, 0) is 65.5 Å². The SMILES string of the molecule is CC(C)c1[c]c(C(C)C)cc(C(=O)C(c2ccccc2)C2CCCC2)c1. The lowest BCUT2D eigenvalue weighted by molar-refractivity contribution is 0.0929. The molecule has 0 heterocycles. The molecule has 1 heteroatoms. The zero-order valence-electron chi connectivity index (χ0n) is 16.6. The second-order valence-electron chi connectivity index (χ2n) is 8.39. The van der Waals surface area contributed by atoms with Gasteiger partial charge in [-0.2, -0.15) is 0 Å². The van der Waals surface area contributed by atoms with Crippen molar-refractivity contribution >= 4 is 5.78 Å². The molecule has 0 amide bonds. The highest BCUT2D eigenvalue weighted by molar-refractivity contribution is 6.01. The smallest absolute Gasteiger partial charge is 0.170 e. The first-order valence-corrected chi connectivity index (χ1v) is 10.1. The van der Waals surface area contributed by atoms with E-state index in [2.05, 4.69) is 70.2 Å². The summed E-state index contributed by atoms with van der Waals surface area (Å²) in [7, 11) is 0. The summed E-state index contributed by atoms with van der Waals surface area (Å²) in [4.78, 5) is 13.7. The average Bonchev–Trinajstić information content (AvgIpc) is 3.16. The van der Waals surface area contributed by atoms with Gasteiger partial charge in [-0.1, -0.05) is 70.9 Å². The van der Waals surface area contributed by atoms with Crippen LogP contribution in [0, 0.1) is 12.0 Å². The van der Waals surface area contributed by atoms with Gasteiger partial charge < -0.3 is 0 Å². The highest BCUT2D eigenvalue weighted by Crippen LogP contribution is 2.40. The van der Waals surface area contributed by atoms with E-state index in [-0.39, 0.29) is 5.92 Å². The van der Waals surface area contributed by atoms with Gasteiger partial charge in [0.15, 0.2) is 5.78 Å². The monoisotopic (exact) mass is 347 g/mol. The lowest BCUT2D eigenvalue weighted by Crippen LogP contribution is -2.21. The minimum Gasteiger partial charge on any atom is -0.293 e. The van der Waals surface area contributed by atoms with E-state index in [0.29, 0.717) is 23.5 Å². The van der Waals surface area contributed by atoms with Crippen LogP contribution in [-0.4, -0.2) is 5.78 Å². The Morgan fingerprint density at radius 1 is 0.923 bits per heavy atom. The number of hydrogen-bond donors (Lipinski definition) is 0. The van der Waals surface area contributed by atoms with Crippen molar-refractivity contribution in [3.63, 3.8) is 0 Å². The Balaban J connectivity index is 2.03. The molecule has 0 N–H and O–H groups in total. The maximum absolute atomic E-state index is 13.7. The molecule has 1 aliphatic rings. The molecule has 2 aromatic rings. The van der Waals surface area contributed by atoms with Crippen molar-refractivity contribution in [3.8, 4) is 0 Å². The molecule has 0 aromatic heterocycles. The Morgan fingerprint density at radius 2 is 1.46 bits per heavy atom. The molecule has 1 aliphatic carbocycles. The van der Waals surface area contributed by atoms with E-state index in [4.69, 9.17) is 0 Å². The number of Topliss-reactive ketones (excluding diaryl/α,β-unsaturated/α-hetero) is 1. The van der Waals surface area contributed by atoms with Crippen molar-refractivity contribution in [2.24, 2.45) is 5.92 Å². The van der Waals surface area contributed by atoms with Gasteiger partial charge in [0.05, 0.1) is 5.92 Å². The molecule has 1 nitrogen and oxygen atoms in total. The summed E-state index contributed by atoms with van der Waals surface area (Å²) in [5.74, 6) is 1.50. The number of hydrogen-bond acceptors (Lipinski definition) is 1. The van der Waals surface area contributed by atoms with Gasteiger partial charge in [-0.3, -0.25) is 4.79 Å². The Hall–Kier alpha value is -1.89. The van der Waals surface area contributed by atoms with Gasteiger partial charge in [-0.25, -0.2) is 0 Å². The minimum absolute atomic E-state index is 0.0128. The van der Waals surface area contributed by atoms with Crippen LogP contribution in [0.15, 0.2) is 42.5 Å². The normalized spacial score (nSPS) is 16.4. The van der Waals surface area contributed by atoms with Crippen LogP contribution in [0.2, 0.25) is 0 Å². The van der Waals surface area contributed by atoms with E-state index in [1.807, 2.05) is 6.07 Å². The molecular formula is C25H31O. The first kappa shape index (κ1) is 18.9. The summed E-state index contributed by atoms with van der Waals surface area (Å²) < 4.78 is 0. The Labute approximate surface area is 158 Å². The zero-order chi connectivity index (χ0) is 18.7. The maximum atomic E-state index is 13.7. The fraction of sp³-hybridized carbons (Fsp3) is 0.480. The van der Waals surface area contributed by atoms with Gasteiger partial charge in [0.2, 0.25) is 0 Å². The van der Waals surface area contributed by atoms with E-state index in [1.54, 1.807) is 0 Å². The standard InChI is InChI=1S/C25H31O/c1-17(2)21-14-22(18(3)4)16-23(15-21)25(26)24(20-12-8-9-13-20)19-10-6-5-7-11-19/h5-7,10-11,15-18,20,24H,8-9,12-13H2,1-4H3. The molecule has 0 bridgehead atoms. The molecule has 1 radical (unpaired) electrons. The van der Waals surface area contributed by atoms with Crippen molar-refractivity contribution in [1.82, 2.24) is 0 Å². The van der Waals surface area contributed by atoms with E-state index >= 15 is 0 Å². The number of carbonyl (C=O) groups excluding carboxylic acids is 1. The average molecular weight is 348 g/mol. The molecule has 0 aliphatic heterocycles. The van der Waals surface area contributed by atoms with Crippen LogP contribution in [-0.2, 0) is 0 Å². The topological polar surface area (TPSA) is 17.1 Å². The zero-order valence-corrected chi connectivity index (χ0v) is 16.6. The summed E-state index contributed by atoms with van der Waals surface area (Å²) in [6, 6.07) is 18.1. The summed E-state index contributed by atoms with van der Waals surface area (Å²) >= 11 is 0. The summed E-state index contributed by atoms with van der Waals surface area (Å²) in [5.41, 5.74) is 4.35. The van der Waals surface area contributed by atoms with Crippen LogP contribution in [0.4, 0.5) is 0 Å². The van der Waals surface area contributed by atoms with E-state index in [0.717, 1.165) is 16.7 Å². The van der Waals surface area contributed by atoms with Gasteiger partial charge in [0.1, 0.15) is 0 Å². The minimum atomic E-state index is -0.0128. The highest BCUT2D eigenvalue weighted by Gasteiger charge is 2.32. The van der Waals surface area contributed by atoms with Crippen LogP contribution in [0.3, 0.4) is 0 Å².